The minimum absolute atomic E-state index is 0.00594. The molecular weight excluding hydrogens is 670 g/mol. The van der Waals surface area contributed by atoms with Gasteiger partial charge in [-0.1, -0.05) is 74.5 Å². The van der Waals surface area contributed by atoms with E-state index in [4.69, 9.17) is 21.9 Å². The molecule has 0 bridgehead atoms. The minimum atomic E-state index is -1.10. The summed E-state index contributed by atoms with van der Waals surface area (Å²) >= 11 is 0. The summed E-state index contributed by atoms with van der Waals surface area (Å²) in [6, 6.07) is 14.0. The summed E-state index contributed by atoms with van der Waals surface area (Å²) in [7, 11) is 0. The average Bonchev–Trinajstić information content (AvgIpc) is 3.61. The zero-order valence-corrected chi connectivity index (χ0v) is 29.7. The van der Waals surface area contributed by atoms with Crippen molar-refractivity contribution in [1.82, 2.24) is 26.2 Å². The van der Waals surface area contributed by atoms with Crippen molar-refractivity contribution in [3.05, 3.63) is 71.8 Å². The molecule has 0 unspecified atom stereocenters. The third kappa shape index (κ3) is 13.9. The first-order valence-corrected chi connectivity index (χ1v) is 17.4. The number of alkyl carbamates (subject to hydrolysis) is 1. The van der Waals surface area contributed by atoms with Crippen LogP contribution in [0.1, 0.15) is 57.1 Å². The van der Waals surface area contributed by atoms with Gasteiger partial charge in [0.1, 0.15) is 30.8 Å². The summed E-state index contributed by atoms with van der Waals surface area (Å²) in [5, 5.41) is 10.7. The van der Waals surface area contributed by atoms with E-state index in [1.165, 1.54) is 4.90 Å². The molecule has 282 valence electrons. The summed E-state index contributed by atoms with van der Waals surface area (Å²) in [6.07, 6.45) is 0.855. The second-order valence-corrected chi connectivity index (χ2v) is 13.0. The Morgan fingerprint density at radius 1 is 0.846 bits per heavy atom. The predicted octanol–water partition coefficient (Wildman–Crippen LogP) is 0.186. The lowest BCUT2D eigenvalue weighted by atomic mass is 10.00. The van der Waals surface area contributed by atoms with Gasteiger partial charge < -0.3 is 48.1 Å². The van der Waals surface area contributed by atoms with Crippen molar-refractivity contribution in [1.29, 1.82) is 0 Å². The maximum atomic E-state index is 13.9. The number of guanidine groups is 1. The van der Waals surface area contributed by atoms with Gasteiger partial charge in [-0.2, -0.15) is 0 Å². The number of nitrogens with two attached hydrogens (primary N) is 3. The van der Waals surface area contributed by atoms with Crippen LogP contribution >= 0.6 is 0 Å². The van der Waals surface area contributed by atoms with Crippen molar-refractivity contribution in [2.75, 3.05) is 19.6 Å². The molecule has 4 atom stereocenters. The number of aliphatic imine (C=N–C) groups is 1. The molecule has 52 heavy (non-hydrogen) atoms. The zero-order chi connectivity index (χ0) is 38.0. The number of nitrogens with one attached hydrogen (secondary N) is 4. The fourth-order valence-electron chi connectivity index (χ4n) is 5.77. The monoisotopic (exact) mass is 721 g/mol. The first-order chi connectivity index (χ1) is 24.8. The van der Waals surface area contributed by atoms with E-state index >= 15 is 0 Å². The number of hydrogen-bond acceptors (Lipinski definition) is 8. The van der Waals surface area contributed by atoms with Crippen LogP contribution in [0.5, 0.6) is 0 Å². The molecule has 0 aromatic heterocycles. The van der Waals surface area contributed by atoms with Gasteiger partial charge in [-0.15, -0.1) is 0 Å². The summed E-state index contributed by atoms with van der Waals surface area (Å²) in [6.45, 7) is 3.82. The lowest BCUT2D eigenvalue weighted by Crippen LogP contribution is -2.58. The van der Waals surface area contributed by atoms with Crippen molar-refractivity contribution in [2.24, 2.45) is 28.1 Å². The Balaban J connectivity index is 1.79. The lowest BCUT2D eigenvalue weighted by Gasteiger charge is -2.30. The molecule has 16 heteroatoms. The highest BCUT2D eigenvalue weighted by molar-refractivity contribution is 5.96. The number of amides is 6. The van der Waals surface area contributed by atoms with Gasteiger partial charge >= 0.3 is 6.09 Å². The summed E-state index contributed by atoms with van der Waals surface area (Å²) in [5.41, 5.74) is 17.6. The minimum Gasteiger partial charge on any atom is -0.445 e. The van der Waals surface area contributed by atoms with E-state index in [1.807, 2.05) is 62.4 Å². The highest BCUT2D eigenvalue weighted by Crippen LogP contribution is 2.20. The zero-order valence-electron chi connectivity index (χ0n) is 29.7. The van der Waals surface area contributed by atoms with Gasteiger partial charge in [0.25, 0.3) is 0 Å². The van der Waals surface area contributed by atoms with E-state index in [2.05, 4.69) is 26.3 Å². The van der Waals surface area contributed by atoms with Crippen LogP contribution in [0.25, 0.3) is 0 Å². The number of ether oxygens (including phenoxy) is 1. The van der Waals surface area contributed by atoms with E-state index in [9.17, 15) is 28.8 Å². The first-order valence-electron chi connectivity index (χ1n) is 17.4. The van der Waals surface area contributed by atoms with Crippen molar-refractivity contribution in [2.45, 2.75) is 83.1 Å². The normalized spacial score (nSPS) is 15.4. The van der Waals surface area contributed by atoms with E-state index in [0.717, 1.165) is 11.1 Å². The highest BCUT2D eigenvalue weighted by Gasteiger charge is 2.38. The van der Waals surface area contributed by atoms with Crippen LogP contribution in [0, 0.1) is 5.92 Å². The Kier molecular flexibility index (Phi) is 16.4. The SMILES string of the molecule is CC(C)C[C@H](NC(=O)[C@@H](Cc1ccccc1)NC(=O)OCc1ccccc1)C(=O)N[C@@H](CCCN=C(N)N)C(=O)N1CCC[C@H]1C(=O)NCC(N)=O. The van der Waals surface area contributed by atoms with E-state index in [1.54, 1.807) is 12.1 Å². The number of rotatable bonds is 19. The number of carbonyl (C=O) groups is 6. The molecular formula is C36H51N9O7. The molecule has 2 aromatic carbocycles. The van der Waals surface area contributed by atoms with Gasteiger partial charge in [0.15, 0.2) is 5.96 Å². The fourth-order valence-corrected chi connectivity index (χ4v) is 5.77. The number of primary amides is 1. The molecule has 2 aromatic rings. The third-order valence-corrected chi connectivity index (χ3v) is 8.28. The Morgan fingerprint density at radius 3 is 2.08 bits per heavy atom. The van der Waals surface area contributed by atoms with Gasteiger partial charge in [0.2, 0.25) is 29.5 Å². The van der Waals surface area contributed by atoms with Crippen LogP contribution in [0.3, 0.4) is 0 Å². The molecule has 1 heterocycles. The summed E-state index contributed by atoms with van der Waals surface area (Å²) in [5.74, 6) is -3.18. The number of nitrogens with zero attached hydrogens (tertiary/aromatic N) is 2. The maximum absolute atomic E-state index is 13.9. The number of hydrogen-bond donors (Lipinski definition) is 7. The maximum Gasteiger partial charge on any atom is 0.408 e. The Hall–Kier alpha value is -5.67. The summed E-state index contributed by atoms with van der Waals surface area (Å²) < 4.78 is 5.38. The quantitative estimate of drug-likeness (QED) is 0.0593. The van der Waals surface area contributed by atoms with Crippen LogP contribution in [0.15, 0.2) is 65.7 Å². The Labute approximate surface area is 303 Å². The van der Waals surface area contributed by atoms with Crippen LogP contribution in [-0.2, 0) is 41.7 Å². The van der Waals surface area contributed by atoms with E-state index < -0.39 is 59.8 Å². The lowest BCUT2D eigenvalue weighted by molar-refractivity contribution is -0.142. The largest absolute Gasteiger partial charge is 0.445 e. The molecule has 0 saturated carbocycles. The highest BCUT2D eigenvalue weighted by atomic mass is 16.5. The summed E-state index contributed by atoms with van der Waals surface area (Å²) in [4.78, 5) is 84.0. The van der Waals surface area contributed by atoms with Gasteiger partial charge in [-0.05, 0) is 49.1 Å². The van der Waals surface area contributed by atoms with Crippen LogP contribution in [-0.4, -0.2) is 90.3 Å². The number of benzene rings is 2. The van der Waals surface area contributed by atoms with E-state index in [0.29, 0.717) is 19.3 Å². The average molecular weight is 722 g/mol. The molecule has 3 rings (SSSR count). The molecule has 10 N–H and O–H groups in total. The molecule has 1 fully saturated rings. The standard InChI is InChI=1S/C36H51N9O7/c1-23(2)19-27(43-32(48)28(20-24-11-5-3-6-12-24)44-36(51)52-22-25-13-7-4-8-14-25)31(47)42-26(15-9-17-40-35(38)39)34(50)45-18-10-16-29(45)33(49)41-21-30(37)46/h3-8,11-14,23,26-29H,9-10,15-22H2,1-2H3,(H2,37,46)(H,41,49)(H,42,47)(H,43,48)(H,44,51)(H4,38,39,40)/t26-,27-,28+,29-/m0/s1. The molecule has 6 amide bonds. The van der Waals surface area contributed by atoms with Crippen molar-refractivity contribution in [3.63, 3.8) is 0 Å². The molecule has 1 saturated heterocycles. The second kappa shape index (κ2) is 20.9. The van der Waals surface area contributed by atoms with Crippen LogP contribution < -0.4 is 38.5 Å². The van der Waals surface area contributed by atoms with Gasteiger partial charge in [0.05, 0.1) is 6.54 Å². The van der Waals surface area contributed by atoms with E-state index in [-0.39, 0.29) is 57.4 Å². The van der Waals surface area contributed by atoms with Crippen molar-refractivity contribution in [3.8, 4) is 0 Å². The molecule has 16 nitrogen and oxygen atoms in total. The van der Waals surface area contributed by atoms with Gasteiger partial charge in [0, 0.05) is 19.5 Å². The first kappa shape index (κ1) is 40.8. The Bertz CT molecular complexity index is 1540. The Morgan fingerprint density at radius 2 is 1.46 bits per heavy atom. The van der Waals surface area contributed by atoms with Crippen LogP contribution in [0.2, 0.25) is 0 Å². The molecule has 0 aliphatic carbocycles. The predicted molar refractivity (Wildman–Crippen MR) is 194 cm³/mol. The second-order valence-electron chi connectivity index (χ2n) is 13.0. The van der Waals surface area contributed by atoms with Crippen molar-refractivity contribution >= 4 is 41.6 Å². The number of carbonyl (C=O) groups excluding carboxylic acids is 6. The fraction of sp³-hybridized carbons (Fsp3) is 0.472. The van der Waals surface area contributed by atoms with Gasteiger partial charge in [-0.3, -0.25) is 29.0 Å². The van der Waals surface area contributed by atoms with Crippen molar-refractivity contribution < 1.29 is 33.5 Å². The molecule has 1 aliphatic rings. The third-order valence-electron chi connectivity index (χ3n) is 8.28. The van der Waals surface area contributed by atoms with Gasteiger partial charge in [-0.25, -0.2) is 4.79 Å². The topological polar surface area (TPSA) is 253 Å². The number of likely N-dealkylation sites (tertiary alicyclic amines) is 1. The molecule has 0 spiro atoms. The molecule has 0 radical (unpaired) electrons. The smallest absolute Gasteiger partial charge is 0.408 e. The molecule has 1 aliphatic heterocycles. The van der Waals surface area contributed by atoms with Crippen LogP contribution in [0.4, 0.5) is 4.79 Å².